The van der Waals surface area contributed by atoms with Gasteiger partial charge < -0.3 is 4.74 Å². The number of hydrogen-bond donors (Lipinski definition) is 0. The zero-order valence-electron chi connectivity index (χ0n) is 7.35. The Labute approximate surface area is 84.0 Å². The molecule has 0 unspecified atom stereocenters. The number of carbonyl (C=O) groups excluding carboxylic acids is 1. The molecule has 2 aromatic rings. The van der Waals surface area contributed by atoms with Gasteiger partial charge in [-0.25, -0.2) is 4.79 Å². The molecule has 5 heteroatoms. The Morgan fingerprint density at radius 2 is 2.43 bits per heavy atom. The van der Waals surface area contributed by atoms with Gasteiger partial charge in [0.2, 0.25) is 12.0 Å². The Morgan fingerprint density at radius 1 is 1.57 bits per heavy atom. The van der Waals surface area contributed by atoms with Gasteiger partial charge in [0, 0.05) is 0 Å². The van der Waals surface area contributed by atoms with Crippen LogP contribution in [0.4, 0.5) is 5.69 Å². The highest BCUT2D eigenvalue weighted by Crippen LogP contribution is 2.31. The van der Waals surface area contributed by atoms with E-state index in [0.717, 1.165) is 10.1 Å². The topological polar surface area (TPSA) is 51.6 Å². The molecule has 0 bridgehead atoms. The summed E-state index contributed by atoms with van der Waals surface area (Å²) >= 11 is 1.35. The maximum atomic E-state index is 10.1. The molecule has 0 spiro atoms. The van der Waals surface area contributed by atoms with Crippen LogP contribution in [0, 0.1) is 0 Å². The van der Waals surface area contributed by atoms with E-state index in [1.807, 2.05) is 6.07 Å². The average Bonchev–Trinajstić information content (AvgIpc) is 2.60. The Hall–Kier alpha value is -1.71. The van der Waals surface area contributed by atoms with E-state index in [4.69, 9.17) is 4.74 Å². The summed E-state index contributed by atoms with van der Waals surface area (Å²) in [5.74, 6) is 0.563. The van der Waals surface area contributed by atoms with E-state index in [0.29, 0.717) is 11.6 Å². The number of rotatable bonds is 2. The first-order valence-corrected chi connectivity index (χ1v) is 4.64. The summed E-state index contributed by atoms with van der Waals surface area (Å²) in [5, 5.41) is 0.869. The smallest absolute Gasteiger partial charge is 0.240 e. The van der Waals surface area contributed by atoms with Crippen molar-refractivity contribution in [3.8, 4) is 5.88 Å². The van der Waals surface area contributed by atoms with E-state index in [1.54, 1.807) is 19.2 Å². The fraction of sp³-hybridized carbons (Fsp3) is 0.111. The van der Waals surface area contributed by atoms with Crippen molar-refractivity contribution in [3.63, 3.8) is 0 Å². The van der Waals surface area contributed by atoms with Crippen LogP contribution in [-0.4, -0.2) is 17.6 Å². The molecule has 70 valence electrons. The molecule has 0 fully saturated rings. The van der Waals surface area contributed by atoms with Crippen molar-refractivity contribution in [1.29, 1.82) is 0 Å². The first-order chi connectivity index (χ1) is 6.85. The third-order valence-electron chi connectivity index (χ3n) is 1.79. The fourth-order valence-corrected chi connectivity index (χ4v) is 1.90. The molecule has 1 heterocycles. The normalized spacial score (nSPS) is 9.79. The molecule has 0 atom stereocenters. The lowest BCUT2D eigenvalue weighted by atomic mass is 10.2. The zero-order valence-corrected chi connectivity index (χ0v) is 8.17. The lowest BCUT2D eigenvalue weighted by molar-refractivity contribution is 0.407. The minimum absolute atomic E-state index is 0.561. The van der Waals surface area contributed by atoms with Gasteiger partial charge in [0.05, 0.1) is 22.9 Å². The fourth-order valence-electron chi connectivity index (χ4n) is 1.17. The maximum Gasteiger partial charge on any atom is 0.240 e. The van der Waals surface area contributed by atoms with E-state index in [2.05, 4.69) is 9.37 Å². The van der Waals surface area contributed by atoms with E-state index in [9.17, 15) is 4.79 Å². The van der Waals surface area contributed by atoms with Crippen LogP contribution in [0.5, 0.6) is 5.88 Å². The SMILES string of the molecule is COc1nsc2ccc(N=C=O)cc12. The van der Waals surface area contributed by atoms with Crippen molar-refractivity contribution < 1.29 is 9.53 Å². The molecule has 0 aliphatic heterocycles. The second-order valence-electron chi connectivity index (χ2n) is 2.58. The van der Waals surface area contributed by atoms with Crippen molar-refractivity contribution in [2.45, 2.75) is 0 Å². The second-order valence-corrected chi connectivity index (χ2v) is 3.38. The molecule has 0 amide bonds. The van der Waals surface area contributed by atoms with Crippen LogP contribution in [-0.2, 0) is 4.79 Å². The minimum Gasteiger partial charge on any atom is -0.480 e. The van der Waals surface area contributed by atoms with E-state index in [1.165, 1.54) is 17.6 Å². The lowest BCUT2D eigenvalue weighted by Gasteiger charge is -1.94. The van der Waals surface area contributed by atoms with Crippen molar-refractivity contribution >= 4 is 33.4 Å². The Balaban J connectivity index is 2.66. The standard InChI is InChI=1S/C9H6N2O2S/c1-13-9-7-4-6(10-5-12)2-3-8(7)14-11-9/h2-4H,1H3. The van der Waals surface area contributed by atoms with E-state index >= 15 is 0 Å². The first kappa shape index (κ1) is 8.87. The molecule has 1 aromatic carbocycles. The number of hydrogen-bond acceptors (Lipinski definition) is 5. The third kappa shape index (κ3) is 1.39. The number of aliphatic imine (C=N–C) groups is 1. The molecule has 0 N–H and O–H groups in total. The molecular weight excluding hydrogens is 200 g/mol. The summed E-state index contributed by atoms with van der Waals surface area (Å²) in [4.78, 5) is 13.6. The Bertz CT molecular complexity index is 515. The Kier molecular flexibility index (Phi) is 2.26. The molecule has 14 heavy (non-hydrogen) atoms. The van der Waals surface area contributed by atoms with Crippen LogP contribution in [0.25, 0.3) is 10.1 Å². The monoisotopic (exact) mass is 206 g/mol. The number of methoxy groups -OCH3 is 1. The van der Waals surface area contributed by atoms with Crippen LogP contribution < -0.4 is 4.74 Å². The maximum absolute atomic E-state index is 10.1. The number of aromatic nitrogens is 1. The van der Waals surface area contributed by atoms with Gasteiger partial charge in [0.25, 0.3) is 0 Å². The second kappa shape index (κ2) is 3.57. The van der Waals surface area contributed by atoms with Crippen LogP contribution in [0.3, 0.4) is 0 Å². The predicted octanol–water partition coefficient (Wildman–Crippen LogP) is 2.27. The van der Waals surface area contributed by atoms with Gasteiger partial charge in [-0.05, 0) is 29.7 Å². The highest BCUT2D eigenvalue weighted by Gasteiger charge is 2.06. The Morgan fingerprint density at radius 3 is 3.14 bits per heavy atom. The number of isocyanates is 1. The predicted molar refractivity (Wildman–Crippen MR) is 54.0 cm³/mol. The minimum atomic E-state index is 0.561. The van der Waals surface area contributed by atoms with Gasteiger partial charge in [-0.2, -0.15) is 9.37 Å². The highest BCUT2D eigenvalue weighted by atomic mass is 32.1. The van der Waals surface area contributed by atoms with Gasteiger partial charge in [0.15, 0.2) is 0 Å². The molecule has 4 nitrogen and oxygen atoms in total. The summed E-state index contributed by atoms with van der Waals surface area (Å²) in [6, 6.07) is 5.35. The van der Waals surface area contributed by atoms with Crippen molar-refractivity contribution in [2.24, 2.45) is 4.99 Å². The lowest BCUT2D eigenvalue weighted by Crippen LogP contribution is -1.80. The molecular formula is C9H6N2O2S. The summed E-state index contributed by atoms with van der Waals surface area (Å²) in [6.07, 6.45) is 1.50. The number of ether oxygens (including phenoxy) is 1. The summed E-state index contributed by atoms with van der Waals surface area (Å²) in [6.45, 7) is 0. The number of nitrogens with zero attached hydrogens (tertiary/aromatic N) is 2. The quantitative estimate of drug-likeness (QED) is 0.559. The first-order valence-electron chi connectivity index (χ1n) is 3.86. The van der Waals surface area contributed by atoms with Crippen LogP contribution in [0.1, 0.15) is 0 Å². The highest BCUT2D eigenvalue weighted by molar-refractivity contribution is 7.13. The van der Waals surface area contributed by atoms with E-state index < -0.39 is 0 Å². The van der Waals surface area contributed by atoms with E-state index in [-0.39, 0.29) is 0 Å². The molecule has 0 saturated carbocycles. The molecule has 0 radical (unpaired) electrons. The van der Waals surface area contributed by atoms with Crippen molar-refractivity contribution in [2.75, 3.05) is 7.11 Å². The molecule has 0 saturated heterocycles. The average molecular weight is 206 g/mol. The third-order valence-corrected chi connectivity index (χ3v) is 2.60. The number of benzene rings is 1. The van der Waals surface area contributed by atoms with Gasteiger partial charge in [-0.15, -0.1) is 0 Å². The van der Waals surface area contributed by atoms with Crippen molar-refractivity contribution in [3.05, 3.63) is 18.2 Å². The summed E-state index contributed by atoms with van der Waals surface area (Å²) in [7, 11) is 1.56. The van der Waals surface area contributed by atoms with Gasteiger partial charge in [0.1, 0.15) is 0 Å². The van der Waals surface area contributed by atoms with Gasteiger partial charge in [-0.3, -0.25) is 0 Å². The molecule has 0 aliphatic carbocycles. The zero-order chi connectivity index (χ0) is 9.97. The van der Waals surface area contributed by atoms with Gasteiger partial charge >= 0.3 is 0 Å². The van der Waals surface area contributed by atoms with Crippen molar-refractivity contribution in [1.82, 2.24) is 4.37 Å². The van der Waals surface area contributed by atoms with Crippen LogP contribution in [0.15, 0.2) is 23.2 Å². The summed E-state index contributed by atoms with van der Waals surface area (Å²) < 4.78 is 10.2. The number of fused-ring (bicyclic) bond motifs is 1. The van der Waals surface area contributed by atoms with Gasteiger partial charge in [-0.1, -0.05) is 0 Å². The molecule has 0 aliphatic rings. The largest absolute Gasteiger partial charge is 0.480 e. The molecule has 2 rings (SSSR count). The van der Waals surface area contributed by atoms with Crippen LogP contribution in [0.2, 0.25) is 0 Å². The van der Waals surface area contributed by atoms with Crippen LogP contribution >= 0.6 is 11.5 Å². The molecule has 1 aromatic heterocycles. The summed E-state index contributed by atoms with van der Waals surface area (Å²) in [5.41, 5.74) is 0.561.